The van der Waals surface area contributed by atoms with Crippen LogP contribution >= 0.6 is 0 Å². The summed E-state index contributed by atoms with van der Waals surface area (Å²) < 4.78 is 12.5. The number of rotatable bonds is 7. The molecule has 206 valence electrons. The van der Waals surface area contributed by atoms with E-state index in [2.05, 4.69) is 6.92 Å². The third-order valence-electron chi connectivity index (χ3n) is 8.56. The molecule has 2 saturated heterocycles. The molecule has 4 rings (SSSR count). The van der Waals surface area contributed by atoms with Gasteiger partial charge in [-0.25, -0.2) is 0 Å². The lowest BCUT2D eigenvalue weighted by molar-refractivity contribution is -0.162. The second-order valence-corrected chi connectivity index (χ2v) is 11.8. The zero-order valence-electron chi connectivity index (χ0n) is 23.0. The van der Waals surface area contributed by atoms with Crippen molar-refractivity contribution in [2.45, 2.75) is 102 Å². The molecule has 1 spiro atoms. The van der Waals surface area contributed by atoms with Gasteiger partial charge in [0.25, 0.3) is 0 Å². The summed E-state index contributed by atoms with van der Waals surface area (Å²) in [4.78, 5) is 45.7. The molecule has 2 amide bonds. The van der Waals surface area contributed by atoms with Crippen molar-refractivity contribution < 1.29 is 29.0 Å². The number of cyclic esters (lactones) is 1. The first-order valence-corrected chi connectivity index (χ1v) is 14.1. The number of aliphatic hydroxyl groups excluding tert-OH is 1. The highest BCUT2D eigenvalue weighted by atomic mass is 16.6. The summed E-state index contributed by atoms with van der Waals surface area (Å²) in [6.45, 7) is 10.4. The molecule has 0 aromatic heterocycles. The standard InChI is InChI=1S/C29H44N2O6/c1-6-12-20(4)30-15-11-14-29-22(23-27(35)36-16-10-8-7-9-13-28(23,5)37-29)25(33)31(24(29)26(30)34)21(18-32)17-19(2)3/h9,11,13-14,19-24,32H,6-8,10,12,15-18H2,1-5H3/b13-9-/t20?,21-,22+,23+,24?,28-,29+/m1/s1. The number of hydrogen-bond donors (Lipinski definition) is 1. The second-order valence-electron chi connectivity index (χ2n) is 11.8. The Morgan fingerprint density at radius 2 is 1.84 bits per heavy atom. The fourth-order valence-corrected chi connectivity index (χ4v) is 6.94. The normalized spacial score (nSPS) is 36.5. The molecule has 0 aliphatic carbocycles. The van der Waals surface area contributed by atoms with Gasteiger partial charge in [-0.2, -0.15) is 0 Å². The summed E-state index contributed by atoms with van der Waals surface area (Å²) in [5.74, 6) is -2.58. The monoisotopic (exact) mass is 516 g/mol. The van der Waals surface area contributed by atoms with E-state index in [4.69, 9.17) is 9.47 Å². The lowest BCUT2D eigenvalue weighted by Crippen LogP contribution is -2.59. The number of hydrogen-bond acceptors (Lipinski definition) is 6. The largest absolute Gasteiger partial charge is 0.465 e. The maximum absolute atomic E-state index is 14.4. The zero-order chi connectivity index (χ0) is 27.0. The average molecular weight is 517 g/mol. The molecule has 0 saturated carbocycles. The van der Waals surface area contributed by atoms with Crippen molar-refractivity contribution in [3.05, 3.63) is 24.3 Å². The van der Waals surface area contributed by atoms with Gasteiger partial charge in [0.15, 0.2) is 0 Å². The third kappa shape index (κ3) is 4.76. The van der Waals surface area contributed by atoms with E-state index < -0.39 is 41.1 Å². The van der Waals surface area contributed by atoms with E-state index in [0.29, 0.717) is 19.6 Å². The Kier molecular flexibility index (Phi) is 8.19. The van der Waals surface area contributed by atoms with Crippen molar-refractivity contribution >= 4 is 17.8 Å². The van der Waals surface area contributed by atoms with Crippen molar-refractivity contribution in [1.29, 1.82) is 0 Å². The molecule has 4 aliphatic heterocycles. The number of carbonyl (C=O) groups is 3. The Morgan fingerprint density at radius 3 is 2.51 bits per heavy atom. The number of allylic oxidation sites excluding steroid dienone is 1. The minimum absolute atomic E-state index is 0.0199. The smallest absolute Gasteiger partial charge is 0.313 e. The molecule has 1 N–H and O–H groups in total. The van der Waals surface area contributed by atoms with Crippen molar-refractivity contribution in [3.63, 3.8) is 0 Å². The fourth-order valence-electron chi connectivity index (χ4n) is 6.94. The van der Waals surface area contributed by atoms with E-state index in [-0.39, 0.29) is 30.4 Å². The predicted octanol–water partition coefficient (Wildman–Crippen LogP) is 3.23. The molecule has 0 radical (unpaired) electrons. The molecule has 4 aliphatic rings. The predicted molar refractivity (Wildman–Crippen MR) is 139 cm³/mol. The first kappa shape index (κ1) is 27.8. The fraction of sp³-hybridized carbons (Fsp3) is 0.759. The summed E-state index contributed by atoms with van der Waals surface area (Å²) in [5, 5.41) is 10.4. The van der Waals surface area contributed by atoms with Gasteiger partial charge >= 0.3 is 5.97 Å². The summed E-state index contributed by atoms with van der Waals surface area (Å²) in [6, 6.07) is -1.54. The SMILES string of the molecule is CCCC(C)N1CC=C[C@]23O[C@]4(C)/C=C\CCCCOC(=O)[C@@H]4[C@H]2C(=O)N([C@@H](CO)CC(C)C)C3C1=O. The van der Waals surface area contributed by atoms with Crippen LogP contribution in [0.1, 0.15) is 73.1 Å². The highest BCUT2D eigenvalue weighted by Gasteiger charge is 2.75. The van der Waals surface area contributed by atoms with Gasteiger partial charge in [0.1, 0.15) is 17.6 Å². The molecule has 8 heteroatoms. The maximum atomic E-state index is 14.4. The molecule has 0 aromatic rings. The van der Waals surface area contributed by atoms with Crippen LogP contribution in [-0.2, 0) is 23.9 Å². The summed E-state index contributed by atoms with van der Waals surface area (Å²) in [7, 11) is 0. The number of aliphatic hydroxyl groups is 1. The minimum Gasteiger partial charge on any atom is -0.465 e. The summed E-state index contributed by atoms with van der Waals surface area (Å²) >= 11 is 0. The summed E-state index contributed by atoms with van der Waals surface area (Å²) in [5.41, 5.74) is -2.42. The summed E-state index contributed by atoms with van der Waals surface area (Å²) in [6.07, 6.45) is 12.5. The van der Waals surface area contributed by atoms with E-state index in [0.717, 1.165) is 32.1 Å². The third-order valence-corrected chi connectivity index (χ3v) is 8.56. The number of amides is 2. The van der Waals surface area contributed by atoms with Gasteiger partial charge in [-0.05, 0) is 51.9 Å². The van der Waals surface area contributed by atoms with Crippen LogP contribution in [0.25, 0.3) is 0 Å². The zero-order valence-corrected chi connectivity index (χ0v) is 23.0. The van der Waals surface area contributed by atoms with Gasteiger partial charge in [0, 0.05) is 12.6 Å². The lowest BCUT2D eigenvalue weighted by atomic mass is 9.74. The molecule has 0 aromatic carbocycles. The van der Waals surface area contributed by atoms with Crippen molar-refractivity contribution in [3.8, 4) is 0 Å². The maximum Gasteiger partial charge on any atom is 0.313 e. The van der Waals surface area contributed by atoms with Gasteiger partial charge < -0.3 is 24.4 Å². The van der Waals surface area contributed by atoms with Gasteiger partial charge in [-0.1, -0.05) is 51.5 Å². The molecule has 0 bridgehead atoms. The van der Waals surface area contributed by atoms with Gasteiger partial charge in [-0.15, -0.1) is 0 Å². The van der Waals surface area contributed by atoms with Crippen LogP contribution in [0, 0.1) is 17.8 Å². The van der Waals surface area contributed by atoms with Crippen LogP contribution in [0.4, 0.5) is 0 Å². The van der Waals surface area contributed by atoms with Crippen molar-refractivity contribution in [1.82, 2.24) is 9.80 Å². The van der Waals surface area contributed by atoms with Crippen molar-refractivity contribution in [2.24, 2.45) is 17.8 Å². The average Bonchev–Trinajstić information content (AvgIpc) is 3.17. The molecule has 37 heavy (non-hydrogen) atoms. The quantitative estimate of drug-likeness (QED) is 0.412. The van der Waals surface area contributed by atoms with Gasteiger partial charge in [-0.3, -0.25) is 14.4 Å². The van der Waals surface area contributed by atoms with Gasteiger partial charge in [0.05, 0.1) is 30.8 Å². The molecular formula is C29H44N2O6. The van der Waals surface area contributed by atoms with Gasteiger partial charge in [0.2, 0.25) is 11.8 Å². The minimum atomic E-state index is -1.32. The highest BCUT2D eigenvalue weighted by molar-refractivity contribution is 5.99. The second kappa shape index (κ2) is 10.9. The first-order valence-electron chi connectivity index (χ1n) is 14.1. The van der Waals surface area contributed by atoms with Crippen LogP contribution in [0.2, 0.25) is 0 Å². The molecule has 4 heterocycles. The number of fused-ring (bicyclic) bond motifs is 2. The van der Waals surface area contributed by atoms with E-state index in [9.17, 15) is 19.5 Å². The Hall–Kier alpha value is -2.19. The Bertz CT molecular complexity index is 947. The van der Waals surface area contributed by atoms with E-state index >= 15 is 0 Å². The molecule has 8 nitrogen and oxygen atoms in total. The number of esters is 1. The highest BCUT2D eigenvalue weighted by Crippen LogP contribution is 2.57. The molecule has 7 atom stereocenters. The van der Waals surface area contributed by atoms with Crippen LogP contribution in [-0.4, -0.2) is 81.8 Å². The molecular weight excluding hydrogens is 472 g/mol. The molecule has 2 fully saturated rings. The topological polar surface area (TPSA) is 96.4 Å². The van der Waals surface area contributed by atoms with Crippen LogP contribution in [0.5, 0.6) is 0 Å². The lowest BCUT2D eigenvalue weighted by Gasteiger charge is -2.41. The van der Waals surface area contributed by atoms with Crippen molar-refractivity contribution in [2.75, 3.05) is 19.8 Å². The first-order chi connectivity index (χ1) is 17.6. The number of carbonyl (C=O) groups excluding carboxylic acids is 3. The number of likely N-dealkylation sites (tertiary alicyclic amines) is 1. The Labute approximate surface area is 221 Å². The van der Waals surface area contributed by atoms with Crippen LogP contribution in [0.15, 0.2) is 24.3 Å². The molecule has 2 unspecified atom stereocenters. The number of nitrogens with zero attached hydrogens (tertiary/aromatic N) is 2. The van der Waals surface area contributed by atoms with E-state index in [1.165, 1.54) is 0 Å². The Morgan fingerprint density at radius 1 is 1.08 bits per heavy atom. The van der Waals surface area contributed by atoms with Crippen LogP contribution in [0.3, 0.4) is 0 Å². The van der Waals surface area contributed by atoms with E-state index in [1.807, 2.05) is 56.9 Å². The van der Waals surface area contributed by atoms with Crippen LogP contribution < -0.4 is 0 Å². The Balaban J connectivity index is 1.88. The van der Waals surface area contributed by atoms with E-state index in [1.54, 1.807) is 4.90 Å². The number of ether oxygens (including phenoxy) is 2.